The van der Waals surface area contributed by atoms with Crippen molar-refractivity contribution in [1.29, 1.82) is 0 Å². The Morgan fingerprint density at radius 3 is 2.47 bits per heavy atom. The lowest BCUT2D eigenvalue weighted by molar-refractivity contribution is 0.118. The minimum Gasteiger partial charge on any atom is -0.382 e. The van der Waals surface area contributed by atoms with Crippen molar-refractivity contribution in [3.63, 3.8) is 0 Å². The van der Waals surface area contributed by atoms with E-state index >= 15 is 0 Å². The van der Waals surface area contributed by atoms with Crippen LogP contribution in [0.3, 0.4) is 0 Å². The van der Waals surface area contributed by atoms with E-state index in [0.29, 0.717) is 23.0 Å². The second-order valence-corrected chi connectivity index (χ2v) is 14.4. The van der Waals surface area contributed by atoms with Gasteiger partial charge in [-0.1, -0.05) is 84.2 Å². The molecule has 0 spiro atoms. The van der Waals surface area contributed by atoms with Crippen LogP contribution in [0.5, 0.6) is 0 Å². The lowest BCUT2D eigenvalue weighted by Gasteiger charge is -2.34. The van der Waals surface area contributed by atoms with E-state index in [4.69, 9.17) is 9.84 Å². The molecule has 2 atom stereocenters. The molecule has 2 unspecified atom stereocenters. The van der Waals surface area contributed by atoms with Crippen molar-refractivity contribution in [2.45, 2.75) is 88.7 Å². The summed E-state index contributed by atoms with van der Waals surface area (Å²) in [5, 5.41) is 7.76. The molecule has 1 aliphatic carbocycles. The molecule has 5 heteroatoms. The van der Waals surface area contributed by atoms with Gasteiger partial charge in [0.15, 0.2) is 0 Å². The highest BCUT2D eigenvalue weighted by Crippen LogP contribution is 2.52. The summed E-state index contributed by atoms with van der Waals surface area (Å²) in [6.07, 6.45) is 7.98. The molecule has 0 aromatic heterocycles. The highest BCUT2D eigenvalue weighted by molar-refractivity contribution is 8.03. The third-order valence-electron chi connectivity index (χ3n) is 6.42. The van der Waals surface area contributed by atoms with E-state index in [9.17, 15) is 0 Å². The molecule has 1 fully saturated rings. The maximum atomic E-state index is 5.52. The van der Waals surface area contributed by atoms with Crippen LogP contribution in [0.4, 0.5) is 0 Å². The summed E-state index contributed by atoms with van der Waals surface area (Å²) in [5.74, 6) is 0. The number of hydrogen-bond donors (Lipinski definition) is 0. The Bertz CT molecular complexity index is 836. The van der Waals surface area contributed by atoms with Gasteiger partial charge in [-0.2, -0.15) is 5.10 Å². The summed E-state index contributed by atoms with van der Waals surface area (Å²) in [6, 6.07) is 9.28. The molecule has 0 amide bonds. The molecule has 0 N–H and O–H groups in total. The average molecular weight is 473 g/mol. The van der Waals surface area contributed by atoms with Crippen LogP contribution in [-0.2, 0) is 4.74 Å². The molecule has 0 radical (unpaired) electrons. The van der Waals surface area contributed by atoms with Gasteiger partial charge in [-0.05, 0) is 55.2 Å². The SMILES string of the molecule is COCC1CCCN1/N=C(/C1=C(Sc2ccc(C)cc2)C=CC1)C(C)P(C(C)C)C(C)C. The van der Waals surface area contributed by atoms with Gasteiger partial charge in [-0.15, -0.1) is 0 Å². The van der Waals surface area contributed by atoms with E-state index in [0.717, 1.165) is 19.6 Å². The van der Waals surface area contributed by atoms with Gasteiger partial charge in [0.05, 0.1) is 18.4 Å². The van der Waals surface area contributed by atoms with E-state index in [1.165, 1.54) is 39.5 Å². The minimum atomic E-state index is -0.180. The average Bonchev–Trinajstić information content (AvgIpc) is 3.37. The van der Waals surface area contributed by atoms with Crippen LogP contribution in [-0.4, -0.2) is 54.0 Å². The Morgan fingerprint density at radius 1 is 1.16 bits per heavy atom. The van der Waals surface area contributed by atoms with Crippen molar-refractivity contribution in [3.8, 4) is 0 Å². The summed E-state index contributed by atoms with van der Waals surface area (Å²) < 4.78 is 5.52. The minimum absolute atomic E-state index is 0.180. The van der Waals surface area contributed by atoms with Gasteiger partial charge >= 0.3 is 0 Å². The zero-order valence-corrected chi connectivity index (χ0v) is 22.7. The molecule has 3 rings (SSSR count). The maximum absolute atomic E-state index is 5.52. The quantitative estimate of drug-likeness (QED) is 0.261. The van der Waals surface area contributed by atoms with Gasteiger partial charge in [0.25, 0.3) is 0 Å². The van der Waals surface area contributed by atoms with Gasteiger partial charge in [0, 0.05) is 29.1 Å². The van der Waals surface area contributed by atoms with Crippen molar-refractivity contribution in [1.82, 2.24) is 5.01 Å². The number of allylic oxidation sites excluding steroid dienone is 3. The van der Waals surface area contributed by atoms with Crippen molar-refractivity contribution in [2.75, 3.05) is 20.3 Å². The summed E-state index contributed by atoms with van der Waals surface area (Å²) in [6.45, 7) is 16.0. The second-order valence-electron chi connectivity index (χ2n) is 9.57. The van der Waals surface area contributed by atoms with Crippen LogP contribution in [0, 0.1) is 6.92 Å². The molecule has 2 aliphatic rings. The Morgan fingerprint density at radius 2 is 1.84 bits per heavy atom. The number of benzene rings is 1. The third kappa shape index (κ3) is 6.27. The molecule has 0 bridgehead atoms. The number of hydrogen-bond acceptors (Lipinski definition) is 4. The first-order valence-electron chi connectivity index (χ1n) is 12.1. The zero-order chi connectivity index (χ0) is 23.3. The van der Waals surface area contributed by atoms with E-state index in [1.54, 1.807) is 7.11 Å². The summed E-state index contributed by atoms with van der Waals surface area (Å²) in [4.78, 5) is 2.67. The lowest BCUT2D eigenvalue weighted by atomic mass is 10.1. The van der Waals surface area contributed by atoms with E-state index in [1.807, 2.05) is 11.8 Å². The summed E-state index contributed by atoms with van der Waals surface area (Å²) >= 11 is 1.89. The molecule has 1 heterocycles. The fourth-order valence-corrected chi connectivity index (χ4v) is 9.50. The highest BCUT2D eigenvalue weighted by atomic mass is 32.2. The highest BCUT2D eigenvalue weighted by Gasteiger charge is 2.32. The Hall–Kier alpha value is -1.09. The Labute approximate surface area is 201 Å². The van der Waals surface area contributed by atoms with Gasteiger partial charge < -0.3 is 4.74 Å². The van der Waals surface area contributed by atoms with Crippen LogP contribution in [0.15, 0.2) is 56.9 Å². The topological polar surface area (TPSA) is 24.8 Å². The van der Waals surface area contributed by atoms with E-state index < -0.39 is 0 Å². The first-order valence-corrected chi connectivity index (χ1v) is 14.4. The van der Waals surface area contributed by atoms with Crippen molar-refractivity contribution < 1.29 is 4.74 Å². The standard InChI is InChI=1S/C27H41N2OPS/c1-19(2)31(20(3)4)22(6)27(28-29-17-9-10-23(29)18-30-7)25-11-8-12-26(25)32-24-15-13-21(5)14-16-24/h8,12-16,19-20,22-23H,9-11,17-18H2,1-7H3/b28-27+. The van der Waals surface area contributed by atoms with Crippen LogP contribution < -0.4 is 0 Å². The number of ether oxygens (including phenoxy) is 1. The normalized spacial score (nSPS) is 20.5. The number of rotatable bonds is 10. The molecule has 3 nitrogen and oxygen atoms in total. The van der Waals surface area contributed by atoms with Gasteiger partial charge in [-0.3, -0.25) is 5.01 Å². The predicted octanol–water partition coefficient (Wildman–Crippen LogP) is 7.46. The summed E-state index contributed by atoms with van der Waals surface area (Å²) in [5.41, 5.74) is 5.89. The van der Waals surface area contributed by atoms with E-state index in [-0.39, 0.29) is 7.92 Å². The first-order chi connectivity index (χ1) is 15.3. The van der Waals surface area contributed by atoms with Crippen molar-refractivity contribution in [2.24, 2.45) is 5.10 Å². The van der Waals surface area contributed by atoms with Gasteiger partial charge in [0.1, 0.15) is 0 Å². The van der Waals surface area contributed by atoms with Crippen molar-refractivity contribution in [3.05, 3.63) is 52.5 Å². The molecule has 0 saturated carbocycles. The Balaban J connectivity index is 2.00. The lowest BCUT2D eigenvalue weighted by Crippen LogP contribution is -2.33. The van der Waals surface area contributed by atoms with Crippen LogP contribution in [0.25, 0.3) is 0 Å². The monoisotopic (exact) mass is 472 g/mol. The fourth-order valence-electron chi connectivity index (χ4n) is 5.02. The smallest absolute Gasteiger partial charge is 0.0722 e. The molecule has 1 aliphatic heterocycles. The van der Waals surface area contributed by atoms with E-state index in [2.05, 4.69) is 83.0 Å². The van der Waals surface area contributed by atoms with Crippen LogP contribution in [0.2, 0.25) is 0 Å². The molecule has 176 valence electrons. The van der Waals surface area contributed by atoms with Crippen LogP contribution in [0.1, 0.15) is 59.4 Å². The fraction of sp³-hybridized carbons (Fsp3) is 0.593. The first kappa shape index (κ1) is 25.5. The molecule has 1 aromatic carbocycles. The van der Waals surface area contributed by atoms with Crippen LogP contribution >= 0.6 is 19.7 Å². The largest absolute Gasteiger partial charge is 0.382 e. The molecule has 32 heavy (non-hydrogen) atoms. The molecule has 1 saturated heterocycles. The maximum Gasteiger partial charge on any atom is 0.0722 e. The van der Waals surface area contributed by atoms with Gasteiger partial charge in [0.2, 0.25) is 0 Å². The predicted molar refractivity (Wildman–Crippen MR) is 144 cm³/mol. The third-order valence-corrected chi connectivity index (χ3v) is 11.1. The number of nitrogens with zero attached hydrogens (tertiary/aromatic N) is 2. The summed E-state index contributed by atoms with van der Waals surface area (Å²) in [7, 11) is 1.63. The number of thioether (sulfide) groups is 1. The molecular weight excluding hydrogens is 431 g/mol. The van der Waals surface area contributed by atoms with Gasteiger partial charge in [-0.25, -0.2) is 0 Å². The number of hydrazone groups is 1. The Kier molecular flexibility index (Phi) is 9.46. The van der Waals surface area contributed by atoms with Crippen molar-refractivity contribution >= 4 is 25.4 Å². The molecular formula is C27H41N2OPS. The number of aryl methyl sites for hydroxylation is 1. The second kappa shape index (κ2) is 11.9. The molecule has 1 aromatic rings. The number of methoxy groups -OCH3 is 1. The zero-order valence-electron chi connectivity index (χ0n) is 21.0.